The molecule has 1 atom stereocenters. The maximum absolute atomic E-state index is 15.5. The highest BCUT2D eigenvalue weighted by Crippen LogP contribution is 2.45. The Morgan fingerprint density at radius 3 is 2.30 bits per heavy atom. The summed E-state index contributed by atoms with van der Waals surface area (Å²) in [6.07, 6.45) is 0.882. The lowest BCUT2D eigenvalue weighted by atomic mass is 9.81. The molecule has 0 bridgehead atoms. The van der Waals surface area contributed by atoms with Crippen molar-refractivity contribution in [2.75, 3.05) is 24.6 Å². The molecule has 9 heteroatoms. The molecule has 2 heterocycles. The van der Waals surface area contributed by atoms with Crippen LogP contribution in [0.15, 0.2) is 42.5 Å². The van der Waals surface area contributed by atoms with Crippen molar-refractivity contribution in [3.63, 3.8) is 0 Å². The summed E-state index contributed by atoms with van der Waals surface area (Å²) in [6.45, 7) is 12.6. The minimum atomic E-state index is -1.33. The third kappa shape index (κ3) is 7.89. The standard InChI is InChI=1S/C34H42F2N2O5/c1-21-28(31(32(40)41)43-33(2,3)4)30(38-16-14-34(5,6)15-17-38)29(26(20-39)37-21)23-9-12-27(25(36)19-23)42-18-13-22-7-10-24(35)11-8-22/h7-12,19,31,39H,13-18,20H2,1-6H3,(H,40,41)/t31-/m0/s1. The van der Waals surface area contributed by atoms with Crippen LogP contribution in [-0.2, 0) is 22.6 Å². The predicted molar refractivity (Wildman–Crippen MR) is 162 cm³/mol. The number of aliphatic carboxylic acids is 1. The lowest BCUT2D eigenvalue weighted by molar-refractivity contribution is -0.160. The second kappa shape index (κ2) is 13.0. The number of carboxylic acid groups (broad SMARTS) is 1. The summed E-state index contributed by atoms with van der Waals surface area (Å²) in [7, 11) is 0. The Morgan fingerprint density at radius 2 is 1.74 bits per heavy atom. The number of aromatic nitrogens is 1. The van der Waals surface area contributed by atoms with E-state index >= 15 is 4.39 Å². The summed E-state index contributed by atoms with van der Waals surface area (Å²) >= 11 is 0. The number of ether oxygens (including phenoxy) is 2. The molecule has 0 saturated carbocycles. The van der Waals surface area contributed by atoms with Crippen molar-refractivity contribution in [3.05, 3.63) is 76.6 Å². The number of hydrogen-bond donors (Lipinski definition) is 2. The van der Waals surface area contributed by atoms with Crippen LogP contribution in [0, 0.1) is 24.0 Å². The summed E-state index contributed by atoms with van der Waals surface area (Å²) < 4.78 is 40.5. The molecule has 0 amide bonds. The van der Waals surface area contributed by atoms with Gasteiger partial charge in [-0.15, -0.1) is 0 Å². The van der Waals surface area contributed by atoms with Gasteiger partial charge in [0.25, 0.3) is 0 Å². The van der Waals surface area contributed by atoms with E-state index in [0.717, 1.165) is 18.4 Å². The molecule has 1 aliphatic heterocycles. The average Bonchev–Trinajstić information content (AvgIpc) is 2.93. The van der Waals surface area contributed by atoms with E-state index in [9.17, 15) is 19.4 Å². The fraction of sp³-hybridized carbons (Fsp3) is 0.471. The SMILES string of the molecule is Cc1nc(CO)c(-c2ccc(OCCc3ccc(F)cc3)c(F)c2)c(N2CCC(C)(C)CC2)c1[C@H](OC(C)(C)C)C(=O)O. The molecule has 4 rings (SSSR count). The highest BCUT2D eigenvalue weighted by atomic mass is 19.1. The highest BCUT2D eigenvalue weighted by molar-refractivity contribution is 5.88. The maximum Gasteiger partial charge on any atom is 0.337 e. The number of aryl methyl sites for hydroxylation is 1. The van der Waals surface area contributed by atoms with Crippen LogP contribution in [0.4, 0.5) is 14.5 Å². The number of anilines is 1. The Kier molecular flexibility index (Phi) is 9.76. The van der Waals surface area contributed by atoms with Crippen molar-refractivity contribution >= 4 is 11.7 Å². The van der Waals surface area contributed by atoms with Crippen molar-refractivity contribution in [2.45, 2.75) is 79.1 Å². The van der Waals surface area contributed by atoms with Crippen molar-refractivity contribution in [3.8, 4) is 16.9 Å². The van der Waals surface area contributed by atoms with Crippen LogP contribution >= 0.6 is 0 Å². The van der Waals surface area contributed by atoms with Crippen molar-refractivity contribution in [1.82, 2.24) is 4.98 Å². The number of nitrogens with zero attached hydrogens (tertiary/aromatic N) is 2. The molecule has 7 nitrogen and oxygen atoms in total. The van der Waals surface area contributed by atoms with Gasteiger partial charge in [0.05, 0.1) is 30.2 Å². The zero-order valence-corrected chi connectivity index (χ0v) is 25.8. The highest BCUT2D eigenvalue weighted by Gasteiger charge is 2.37. The lowest BCUT2D eigenvalue weighted by Crippen LogP contribution is -2.39. The van der Waals surface area contributed by atoms with Gasteiger partial charge in [0, 0.05) is 36.3 Å². The predicted octanol–water partition coefficient (Wildman–Crippen LogP) is 7.02. The first-order valence-electron chi connectivity index (χ1n) is 14.7. The topological polar surface area (TPSA) is 92.1 Å². The van der Waals surface area contributed by atoms with E-state index in [2.05, 4.69) is 23.7 Å². The van der Waals surface area contributed by atoms with Gasteiger partial charge in [-0.3, -0.25) is 4.98 Å². The maximum atomic E-state index is 15.5. The summed E-state index contributed by atoms with van der Waals surface area (Å²) in [5.41, 5.74) is 2.88. The number of rotatable bonds is 10. The molecular weight excluding hydrogens is 554 g/mol. The Labute approximate surface area is 252 Å². The van der Waals surface area contributed by atoms with Gasteiger partial charge in [0.2, 0.25) is 0 Å². The number of halogens is 2. The Bertz CT molecular complexity index is 1440. The third-order valence-electron chi connectivity index (χ3n) is 7.80. The molecule has 232 valence electrons. The molecule has 1 saturated heterocycles. The van der Waals surface area contributed by atoms with Crippen LogP contribution in [0.25, 0.3) is 11.1 Å². The minimum Gasteiger partial charge on any atom is -0.490 e. The van der Waals surface area contributed by atoms with Gasteiger partial charge >= 0.3 is 5.97 Å². The van der Waals surface area contributed by atoms with Gasteiger partial charge in [-0.25, -0.2) is 13.6 Å². The second-order valence-electron chi connectivity index (χ2n) is 12.9. The van der Waals surface area contributed by atoms with E-state index in [4.69, 9.17) is 9.47 Å². The van der Waals surface area contributed by atoms with E-state index in [0.29, 0.717) is 53.3 Å². The average molecular weight is 597 g/mol. The van der Waals surface area contributed by atoms with Crippen LogP contribution in [0.5, 0.6) is 5.75 Å². The fourth-order valence-corrected chi connectivity index (χ4v) is 5.45. The van der Waals surface area contributed by atoms with Crippen molar-refractivity contribution < 1.29 is 33.3 Å². The molecule has 2 aromatic carbocycles. The molecular formula is C34H42F2N2O5. The lowest BCUT2D eigenvalue weighted by Gasteiger charge is -2.41. The van der Waals surface area contributed by atoms with E-state index in [1.807, 2.05) is 0 Å². The first-order chi connectivity index (χ1) is 20.2. The van der Waals surface area contributed by atoms with E-state index < -0.39 is 30.1 Å². The first-order valence-corrected chi connectivity index (χ1v) is 14.7. The molecule has 43 heavy (non-hydrogen) atoms. The molecule has 1 fully saturated rings. The quantitative estimate of drug-likeness (QED) is 0.260. The Hall–Kier alpha value is -3.56. The number of carboxylic acids is 1. The van der Waals surface area contributed by atoms with Crippen molar-refractivity contribution in [1.29, 1.82) is 0 Å². The largest absolute Gasteiger partial charge is 0.490 e. The first kappa shape index (κ1) is 32.4. The Morgan fingerprint density at radius 1 is 1.09 bits per heavy atom. The Balaban J connectivity index is 1.79. The number of aliphatic hydroxyl groups excluding tert-OH is 1. The van der Waals surface area contributed by atoms with Crippen LogP contribution in [-0.4, -0.2) is 46.5 Å². The minimum absolute atomic E-state index is 0.0532. The van der Waals surface area contributed by atoms with Crippen LogP contribution in [0.3, 0.4) is 0 Å². The molecule has 1 aliphatic rings. The monoisotopic (exact) mass is 596 g/mol. The zero-order valence-electron chi connectivity index (χ0n) is 25.8. The van der Waals surface area contributed by atoms with Crippen LogP contribution in [0.2, 0.25) is 0 Å². The molecule has 0 spiro atoms. The van der Waals surface area contributed by atoms with E-state index in [1.54, 1.807) is 45.9 Å². The summed E-state index contributed by atoms with van der Waals surface area (Å²) in [6, 6.07) is 10.6. The summed E-state index contributed by atoms with van der Waals surface area (Å²) in [4.78, 5) is 19.4. The molecule has 3 aromatic rings. The van der Waals surface area contributed by atoms with Gasteiger partial charge in [0.1, 0.15) is 5.82 Å². The fourth-order valence-electron chi connectivity index (χ4n) is 5.45. The van der Waals surface area contributed by atoms with Crippen LogP contribution in [0.1, 0.15) is 76.1 Å². The van der Waals surface area contributed by atoms with Gasteiger partial charge < -0.3 is 24.6 Å². The van der Waals surface area contributed by atoms with Crippen LogP contribution < -0.4 is 9.64 Å². The van der Waals surface area contributed by atoms with Gasteiger partial charge in [0.15, 0.2) is 17.7 Å². The third-order valence-corrected chi connectivity index (χ3v) is 7.80. The number of benzene rings is 2. The van der Waals surface area contributed by atoms with Gasteiger partial charge in [-0.2, -0.15) is 0 Å². The summed E-state index contributed by atoms with van der Waals surface area (Å²) in [5.74, 6) is -2.03. The number of hydrogen-bond acceptors (Lipinski definition) is 6. The number of pyridine rings is 1. The molecule has 0 unspecified atom stereocenters. The second-order valence-corrected chi connectivity index (χ2v) is 12.9. The number of carbonyl (C=O) groups is 1. The molecule has 0 aliphatic carbocycles. The van der Waals surface area contributed by atoms with E-state index in [1.165, 1.54) is 24.3 Å². The smallest absolute Gasteiger partial charge is 0.337 e. The van der Waals surface area contributed by atoms with Gasteiger partial charge in [-0.05, 0) is 81.3 Å². The number of aliphatic hydroxyl groups is 1. The molecule has 1 aromatic heterocycles. The number of piperidine rings is 1. The zero-order chi connectivity index (χ0) is 31.5. The molecule has 0 radical (unpaired) electrons. The summed E-state index contributed by atoms with van der Waals surface area (Å²) in [5, 5.41) is 20.8. The normalized spacial score (nSPS) is 15.8. The molecule has 2 N–H and O–H groups in total. The van der Waals surface area contributed by atoms with Gasteiger partial charge in [-0.1, -0.05) is 32.0 Å². The van der Waals surface area contributed by atoms with E-state index in [-0.39, 0.29) is 23.6 Å². The van der Waals surface area contributed by atoms with Crippen molar-refractivity contribution in [2.24, 2.45) is 5.41 Å².